The van der Waals surface area contributed by atoms with E-state index in [1.54, 1.807) is 0 Å². The van der Waals surface area contributed by atoms with E-state index in [9.17, 15) is 0 Å². The van der Waals surface area contributed by atoms with E-state index in [0.29, 0.717) is 12.6 Å². The zero-order valence-electron chi connectivity index (χ0n) is 17.2. The normalized spacial score (nSPS) is 19.0. The number of aryl methyl sites for hydroxylation is 1. The first-order valence-electron chi connectivity index (χ1n) is 10.8. The van der Waals surface area contributed by atoms with Crippen LogP contribution in [0.5, 0.6) is 0 Å². The first-order chi connectivity index (χ1) is 14.2. The summed E-state index contributed by atoms with van der Waals surface area (Å²) in [5.41, 5.74) is 7.46. The number of pyridine rings is 1. The fourth-order valence-corrected chi connectivity index (χ4v) is 4.23. The monoisotopic (exact) mass is 389 g/mol. The Morgan fingerprint density at radius 1 is 1.07 bits per heavy atom. The minimum atomic E-state index is 0.306. The lowest BCUT2D eigenvalue weighted by Gasteiger charge is -2.13. The molecule has 1 fully saturated rings. The van der Waals surface area contributed by atoms with Crippen LogP contribution in [-0.4, -0.2) is 34.3 Å². The van der Waals surface area contributed by atoms with Gasteiger partial charge in [0.2, 0.25) is 0 Å². The summed E-state index contributed by atoms with van der Waals surface area (Å²) >= 11 is 0. The molecule has 2 aliphatic rings. The van der Waals surface area contributed by atoms with Crippen molar-refractivity contribution in [3.63, 3.8) is 0 Å². The highest BCUT2D eigenvalue weighted by Gasteiger charge is 2.11. The summed E-state index contributed by atoms with van der Waals surface area (Å²) in [7, 11) is 0. The Labute approximate surface area is 173 Å². The summed E-state index contributed by atoms with van der Waals surface area (Å²) in [6.45, 7) is 3.49. The number of aromatic amines is 1. The molecule has 1 unspecified atom stereocenters. The number of allylic oxidation sites excluding steroid dienone is 2. The first-order valence-corrected chi connectivity index (χ1v) is 10.8. The van der Waals surface area contributed by atoms with Crippen molar-refractivity contribution in [1.29, 1.82) is 0 Å². The Hall–Kier alpha value is -2.43. The van der Waals surface area contributed by atoms with Crippen LogP contribution >= 0.6 is 0 Å². The molecule has 3 heterocycles. The Balaban J connectivity index is 0.000000249. The highest BCUT2D eigenvalue weighted by atomic mass is 16.3. The molecule has 3 N–H and O–H groups in total. The molecular weight excluding hydrogens is 358 g/mol. The smallest absolute Gasteiger partial charge is 0.0664 e. The highest BCUT2D eigenvalue weighted by molar-refractivity contribution is 5.86. The van der Waals surface area contributed by atoms with E-state index in [1.807, 2.05) is 6.20 Å². The zero-order chi connectivity index (χ0) is 20.1. The van der Waals surface area contributed by atoms with Crippen molar-refractivity contribution in [1.82, 2.24) is 15.3 Å². The number of aliphatic hydroxyl groups excluding tert-OH is 1. The van der Waals surface area contributed by atoms with Crippen LogP contribution in [-0.2, 0) is 0 Å². The number of nitrogens with one attached hydrogen (secondary N) is 2. The van der Waals surface area contributed by atoms with Crippen LogP contribution in [0, 0.1) is 6.92 Å². The second-order valence-electron chi connectivity index (χ2n) is 8.14. The van der Waals surface area contributed by atoms with Gasteiger partial charge >= 0.3 is 0 Å². The molecule has 0 radical (unpaired) electrons. The van der Waals surface area contributed by atoms with E-state index in [1.165, 1.54) is 59.0 Å². The van der Waals surface area contributed by atoms with E-state index in [-0.39, 0.29) is 0 Å². The lowest BCUT2D eigenvalue weighted by Crippen LogP contribution is -2.24. The molecular formula is C25H31N3O. The molecule has 0 spiro atoms. The summed E-state index contributed by atoms with van der Waals surface area (Å²) in [4.78, 5) is 7.96. The van der Waals surface area contributed by atoms with Gasteiger partial charge in [-0.1, -0.05) is 12.1 Å². The number of H-pyrrole nitrogens is 1. The zero-order valence-corrected chi connectivity index (χ0v) is 17.2. The molecule has 5 rings (SSSR count). The summed E-state index contributed by atoms with van der Waals surface area (Å²) in [5, 5.41) is 12.9. The van der Waals surface area contributed by atoms with Crippen LogP contribution < -0.4 is 5.32 Å². The Morgan fingerprint density at radius 3 is 2.69 bits per heavy atom. The third kappa shape index (κ3) is 4.95. The number of aliphatic hydroxyl groups is 1. The average Bonchev–Trinajstić information content (AvgIpc) is 3.43. The number of hydrogen-bond acceptors (Lipinski definition) is 3. The molecule has 4 heteroatoms. The molecule has 1 aromatic carbocycles. The van der Waals surface area contributed by atoms with Crippen molar-refractivity contribution >= 4 is 16.5 Å². The topological polar surface area (TPSA) is 60.9 Å². The van der Waals surface area contributed by atoms with Crippen LogP contribution in [0.3, 0.4) is 0 Å². The number of fused-ring (bicyclic) bond motifs is 1. The van der Waals surface area contributed by atoms with Crippen molar-refractivity contribution in [2.24, 2.45) is 0 Å². The van der Waals surface area contributed by atoms with Gasteiger partial charge in [-0.25, -0.2) is 0 Å². The number of nitrogens with zero attached hydrogens (tertiary/aromatic N) is 1. The van der Waals surface area contributed by atoms with Gasteiger partial charge in [-0.3, -0.25) is 4.98 Å². The predicted molar refractivity (Wildman–Crippen MR) is 121 cm³/mol. The fraction of sp³-hybridized carbons (Fsp3) is 0.400. The van der Waals surface area contributed by atoms with Crippen LogP contribution in [0.4, 0.5) is 0 Å². The van der Waals surface area contributed by atoms with E-state index in [0.717, 1.165) is 25.1 Å². The van der Waals surface area contributed by atoms with Gasteiger partial charge in [0.1, 0.15) is 0 Å². The van der Waals surface area contributed by atoms with Crippen LogP contribution in [0.1, 0.15) is 49.9 Å². The minimum Gasteiger partial charge on any atom is -0.395 e. The first kappa shape index (κ1) is 19.9. The second-order valence-corrected chi connectivity index (χ2v) is 8.14. The van der Waals surface area contributed by atoms with Gasteiger partial charge in [-0.15, -0.1) is 0 Å². The van der Waals surface area contributed by atoms with Gasteiger partial charge in [-0.05, 0) is 99.0 Å². The third-order valence-corrected chi connectivity index (χ3v) is 5.85. The van der Waals surface area contributed by atoms with Crippen molar-refractivity contribution < 1.29 is 5.11 Å². The maximum absolute atomic E-state index is 8.50. The number of rotatable bonds is 3. The predicted octanol–water partition coefficient (Wildman–Crippen LogP) is 5.23. The number of hydrogen-bond donors (Lipinski definition) is 3. The molecule has 1 atom stereocenters. The molecule has 0 saturated carbocycles. The standard InChI is InChI=1S/C20H20N2.C5H11NO/c1-14-11-18-12-16(7-8-19(18)22-14)17-9-10-21-20(13-17)15-5-3-2-4-6-15;7-4-5-2-1-3-6-5/h5,7-13,22H,2-4,6H2,1H3;5-7H,1-4H2. The Morgan fingerprint density at radius 2 is 1.97 bits per heavy atom. The van der Waals surface area contributed by atoms with Gasteiger partial charge in [-0.2, -0.15) is 0 Å². The van der Waals surface area contributed by atoms with Crippen LogP contribution in [0.2, 0.25) is 0 Å². The largest absolute Gasteiger partial charge is 0.395 e. The Kier molecular flexibility index (Phi) is 6.43. The minimum absolute atomic E-state index is 0.306. The van der Waals surface area contributed by atoms with E-state index < -0.39 is 0 Å². The van der Waals surface area contributed by atoms with E-state index in [2.05, 4.69) is 64.7 Å². The molecule has 152 valence electrons. The molecule has 1 saturated heterocycles. The van der Waals surface area contributed by atoms with Crippen LogP contribution in [0.15, 0.2) is 48.7 Å². The lowest BCUT2D eigenvalue weighted by atomic mass is 9.95. The Bertz CT molecular complexity index is 983. The van der Waals surface area contributed by atoms with Crippen LogP contribution in [0.25, 0.3) is 27.6 Å². The van der Waals surface area contributed by atoms with Crippen molar-refractivity contribution in [2.45, 2.75) is 51.5 Å². The van der Waals surface area contributed by atoms with E-state index >= 15 is 0 Å². The molecule has 4 nitrogen and oxygen atoms in total. The van der Waals surface area contributed by atoms with Gasteiger partial charge in [0, 0.05) is 28.8 Å². The van der Waals surface area contributed by atoms with Gasteiger partial charge < -0.3 is 15.4 Å². The van der Waals surface area contributed by atoms with Crippen molar-refractivity contribution in [2.75, 3.05) is 13.2 Å². The SMILES string of the molecule is Cc1cc2cc(-c3ccnc(C4=CCCCC4)c3)ccc2[nH]1.OCC1CCCN1. The quantitative estimate of drug-likeness (QED) is 0.575. The van der Waals surface area contributed by atoms with Gasteiger partial charge in [0.25, 0.3) is 0 Å². The second kappa shape index (κ2) is 9.38. The van der Waals surface area contributed by atoms with E-state index in [4.69, 9.17) is 5.11 Å². The maximum atomic E-state index is 8.50. The van der Waals surface area contributed by atoms with Crippen molar-refractivity contribution in [3.8, 4) is 11.1 Å². The molecule has 2 aromatic heterocycles. The number of benzene rings is 1. The summed E-state index contributed by atoms with van der Waals surface area (Å²) in [5.74, 6) is 0. The molecule has 1 aliphatic carbocycles. The third-order valence-electron chi connectivity index (χ3n) is 5.85. The summed E-state index contributed by atoms with van der Waals surface area (Å²) in [6, 6.07) is 13.5. The lowest BCUT2D eigenvalue weighted by molar-refractivity contribution is 0.255. The molecule has 1 aliphatic heterocycles. The molecule has 29 heavy (non-hydrogen) atoms. The average molecular weight is 390 g/mol. The summed E-state index contributed by atoms with van der Waals surface area (Å²) in [6.07, 6.45) is 11.6. The fourth-order valence-electron chi connectivity index (χ4n) is 4.23. The molecule has 0 bridgehead atoms. The maximum Gasteiger partial charge on any atom is 0.0664 e. The van der Waals surface area contributed by atoms with Gasteiger partial charge in [0.15, 0.2) is 0 Å². The number of aromatic nitrogens is 2. The highest BCUT2D eigenvalue weighted by Crippen LogP contribution is 2.29. The summed E-state index contributed by atoms with van der Waals surface area (Å²) < 4.78 is 0. The molecule has 0 amide bonds. The van der Waals surface area contributed by atoms with Crippen molar-refractivity contribution in [3.05, 3.63) is 60.1 Å². The van der Waals surface area contributed by atoms with Gasteiger partial charge in [0.05, 0.1) is 12.3 Å². The molecule has 3 aromatic rings.